The molecule has 0 saturated heterocycles. The van der Waals surface area contributed by atoms with Crippen molar-refractivity contribution in [2.45, 2.75) is 90.0 Å². The number of benzene rings is 3. The standard InChI is InChI=1S/C43H51F2N3O7/c1-28(2)35(27-54-25-30-14-8-5-9-15-30)47-42(53)43(44,45)24-34(22-32-20-21-37(36(49)23-32)55-26-31-16-10-6-11-17-31)46-40(51)38(29(3)4)48-41(52)39(50)33-18-12-7-13-19-33/h5-21,23,28-29,34-35,37-39,50H,22,24-27H2,1-4H3,(H,46,51)(H,47,53)(H,48,52)/t34?,35-,37?,38+,39?/m0/s1. The van der Waals surface area contributed by atoms with Crippen LogP contribution < -0.4 is 16.0 Å². The second-order valence-electron chi connectivity index (χ2n) is 14.4. The van der Waals surface area contributed by atoms with Crippen LogP contribution in [0.3, 0.4) is 0 Å². The van der Waals surface area contributed by atoms with Crippen molar-refractivity contribution in [1.29, 1.82) is 0 Å². The number of carbonyl (C=O) groups is 4. The molecule has 3 aromatic carbocycles. The van der Waals surface area contributed by atoms with Gasteiger partial charge in [-0.2, -0.15) is 8.78 Å². The molecule has 4 N–H and O–H groups in total. The molecule has 1 aliphatic rings. The normalized spacial score (nSPS) is 16.6. The van der Waals surface area contributed by atoms with Crippen LogP contribution in [0.25, 0.3) is 0 Å². The SMILES string of the molecule is CC(C)[C@H](COCc1ccccc1)NC(=O)C(F)(F)CC(CC1=CC(=O)C(OCc2ccccc2)C=C1)NC(=O)[C@H](NC(=O)C(O)c1ccccc1)C(C)C. The first-order valence-electron chi connectivity index (χ1n) is 18.5. The molecular formula is C43H51F2N3O7. The number of hydrogen-bond acceptors (Lipinski definition) is 7. The van der Waals surface area contributed by atoms with Crippen molar-refractivity contribution >= 4 is 23.5 Å². The third-order valence-corrected chi connectivity index (χ3v) is 9.17. The van der Waals surface area contributed by atoms with Crippen molar-refractivity contribution in [3.63, 3.8) is 0 Å². The molecule has 12 heteroatoms. The lowest BCUT2D eigenvalue weighted by atomic mass is 9.93. The number of nitrogens with one attached hydrogen (secondary N) is 3. The average molecular weight is 760 g/mol. The van der Waals surface area contributed by atoms with Crippen molar-refractivity contribution in [3.8, 4) is 0 Å². The number of alkyl halides is 2. The van der Waals surface area contributed by atoms with E-state index in [0.717, 1.165) is 11.1 Å². The summed E-state index contributed by atoms with van der Waals surface area (Å²) in [6, 6.07) is 23.4. The lowest BCUT2D eigenvalue weighted by Gasteiger charge is -2.30. The number of aliphatic hydroxyl groups excluding tert-OH is 1. The predicted octanol–water partition coefficient (Wildman–Crippen LogP) is 5.77. The Morgan fingerprint density at radius 1 is 0.782 bits per heavy atom. The van der Waals surface area contributed by atoms with Gasteiger partial charge in [-0.15, -0.1) is 0 Å². The Hall–Kier alpha value is -5.04. The highest BCUT2D eigenvalue weighted by atomic mass is 19.3. The molecule has 55 heavy (non-hydrogen) atoms. The first-order valence-corrected chi connectivity index (χ1v) is 18.5. The molecule has 0 spiro atoms. The fourth-order valence-corrected chi connectivity index (χ4v) is 5.90. The van der Waals surface area contributed by atoms with Crippen molar-refractivity contribution in [1.82, 2.24) is 16.0 Å². The fourth-order valence-electron chi connectivity index (χ4n) is 5.90. The van der Waals surface area contributed by atoms with Gasteiger partial charge in [-0.3, -0.25) is 19.2 Å². The van der Waals surface area contributed by atoms with Crippen molar-refractivity contribution in [2.24, 2.45) is 11.8 Å². The highest BCUT2D eigenvalue weighted by Gasteiger charge is 2.43. The van der Waals surface area contributed by atoms with Crippen LogP contribution in [0.2, 0.25) is 0 Å². The number of hydrogen-bond donors (Lipinski definition) is 4. The maximum Gasteiger partial charge on any atom is 0.326 e. The maximum atomic E-state index is 15.9. The van der Waals surface area contributed by atoms with Gasteiger partial charge in [-0.1, -0.05) is 125 Å². The summed E-state index contributed by atoms with van der Waals surface area (Å²) in [6.45, 7) is 7.28. The van der Waals surface area contributed by atoms with E-state index in [1.54, 1.807) is 64.1 Å². The molecule has 3 amide bonds. The van der Waals surface area contributed by atoms with Crippen LogP contribution in [0.4, 0.5) is 8.78 Å². The summed E-state index contributed by atoms with van der Waals surface area (Å²) >= 11 is 0. The van der Waals surface area contributed by atoms with Crippen LogP contribution >= 0.6 is 0 Å². The molecule has 0 aliphatic heterocycles. The summed E-state index contributed by atoms with van der Waals surface area (Å²) in [7, 11) is 0. The van der Waals surface area contributed by atoms with Gasteiger partial charge in [0.25, 0.3) is 11.8 Å². The van der Waals surface area contributed by atoms with Gasteiger partial charge in [0.2, 0.25) is 5.91 Å². The van der Waals surface area contributed by atoms with E-state index in [2.05, 4.69) is 16.0 Å². The van der Waals surface area contributed by atoms with E-state index < -0.39 is 72.1 Å². The van der Waals surface area contributed by atoms with Gasteiger partial charge in [0.05, 0.1) is 25.9 Å². The molecule has 0 bridgehead atoms. The van der Waals surface area contributed by atoms with Gasteiger partial charge < -0.3 is 30.5 Å². The predicted molar refractivity (Wildman–Crippen MR) is 204 cm³/mol. The monoisotopic (exact) mass is 759 g/mol. The Bertz CT molecular complexity index is 1770. The Kier molecular flexibility index (Phi) is 16.0. The molecule has 10 nitrogen and oxygen atoms in total. The summed E-state index contributed by atoms with van der Waals surface area (Å²) in [5.41, 5.74) is 2.41. The smallest absolute Gasteiger partial charge is 0.326 e. The Morgan fingerprint density at radius 2 is 1.36 bits per heavy atom. The third kappa shape index (κ3) is 13.3. The Morgan fingerprint density at radius 3 is 1.93 bits per heavy atom. The number of halogens is 2. The first-order chi connectivity index (χ1) is 26.2. The van der Waals surface area contributed by atoms with Crippen molar-refractivity contribution in [2.75, 3.05) is 6.61 Å². The van der Waals surface area contributed by atoms with Crippen LogP contribution in [0, 0.1) is 11.8 Å². The largest absolute Gasteiger partial charge is 0.378 e. The number of amides is 3. The molecule has 0 radical (unpaired) electrons. The summed E-state index contributed by atoms with van der Waals surface area (Å²) in [6.07, 6.45) is 0.563. The number of rotatable bonds is 20. The molecule has 5 atom stereocenters. The third-order valence-electron chi connectivity index (χ3n) is 9.17. The van der Waals surface area contributed by atoms with E-state index in [4.69, 9.17) is 9.47 Å². The number of aliphatic hydroxyl groups is 1. The van der Waals surface area contributed by atoms with Gasteiger partial charge in [-0.25, -0.2) is 0 Å². The molecule has 0 aromatic heterocycles. The van der Waals surface area contributed by atoms with Gasteiger partial charge in [0.15, 0.2) is 11.9 Å². The summed E-state index contributed by atoms with van der Waals surface area (Å²) in [4.78, 5) is 53.0. The zero-order valence-electron chi connectivity index (χ0n) is 31.6. The maximum absolute atomic E-state index is 15.9. The number of carbonyl (C=O) groups excluding carboxylic acids is 4. The van der Waals surface area contributed by atoms with E-state index >= 15 is 8.78 Å². The molecule has 3 aromatic rings. The molecule has 0 heterocycles. The minimum atomic E-state index is -3.96. The summed E-state index contributed by atoms with van der Waals surface area (Å²) < 4.78 is 43.4. The molecule has 294 valence electrons. The van der Waals surface area contributed by atoms with E-state index in [-0.39, 0.29) is 32.2 Å². The highest BCUT2D eigenvalue weighted by molar-refractivity contribution is 5.97. The van der Waals surface area contributed by atoms with Crippen LogP contribution in [0.1, 0.15) is 63.3 Å². The van der Waals surface area contributed by atoms with Gasteiger partial charge >= 0.3 is 5.92 Å². The van der Waals surface area contributed by atoms with Crippen molar-refractivity contribution in [3.05, 3.63) is 131 Å². The summed E-state index contributed by atoms with van der Waals surface area (Å²) in [5.74, 6) is -8.30. The number of ketones is 1. The second kappa shape index (κ2) is 20.6. The van der Waals surface area contributed by atoms with E-state index in [9.17, 15) is 24.3 Å². The van der Waals surface area contributed by atoms with Gasteiger partial charge in [0, 0.05) is 12.5 Å². The Balaban J connectivity index is 1.48. The molecule has 0 fully saturated rings. The minimum Gasteiger partial charge on any atom is -0.378 e. The molecule has 3 unspecified atom stereocenters. The molecule has 1 aliphatic carbocycles. The van der Waals surface area contributed by atoms with Crippen molar-refractivity contribution < 1.29 is 42.5 Å². The van der Waals surface area contributed by atoms with E-state index in [0.29, 0.717) is 11.1 Å². The van der Waals surface area contributed by atoms with Crippen LogP contribution in [-0.2, 0) is 41.9 Å². The highest BCUT2D eigenvalue weighted by Crippen LogP contribution is 2.27. The van der Waals surface area contributed by atoms with Gasteiger partial charge in [0.1, 0.15) is 12.1 Å². The molecule has 0 saturated carbocycles. The van der Waals surface area contributed by atoms with Crippen LogP contribution in [-0.4, -0.2) is 65.4 Å². The number of allylic oxidation sites excluding steroid dienone is 1. The fraction of sp³-hybridized carbons (Fsp3) is 0.395. The molecular weight excluding hydrogens is 708 g/mol. The molecule has 4 rings (SSSR count). The zero-order chi connectivity index (χ0) is 40.0. The topological polar surface area (TPSA) is 143 Å². The number of ether oxygens (including phenoxy) is 2. The van der Waals surface area contributed by atoms with Crippen LogP contribution in [0.5, 0.6) is 0 Å². The lowest BCUT2D eigenvalue weighted by molar-refractivity contribution is -0.149. The minimum absolute atomic E-state index is 0.00749. The first kappa shape index (κ1) is 42.7. The second-order valence-corrected chi connectivity index (χ2v) is 14.4. The van der Waals surface area contributed by atoms with Gasteiger partial charge in [-0.05, 0) is 52.7 Å². The average Bonchev–Trinajstić information content (AvgIpc) is 3.16. The quantitative estimate of drug-likeness (QED) is 0.115. The van der Waals surface area contributed by atoms with E-state index in [1.165, 1.54) is 12.2 Å². The lowest BCUT2D eigenvalue weighted by Crippen LogP contribution is -2.55. The Labute approximate surface area is 321 Å². The van der Waals surface area contributed by atoms with Crippen LogP contribution in [0.15, 0.2) is 115 Å². The van der Waals surface area contributed by atoms with E-state index in [1.807, 2.05) is 60.7 Å². The summed E-state index contributed by atoms with van der Waals surface area (Å²) in [5, 5.41) is 18.2. The zero-order valence-corrected chi connectivity index (χ0v) is 31.6.